The molecule has 1 saturated heterocycles. The van der Waals surface area contributed by atoms with Crippen molar-refractivity contribution < 1.29 is 9.53 Å². The molecule has 1 aliphatic heterocycles. The molecule has 1 aliphatic rings. The highest BCUT2D eigenvalue weighted by Gasteiger charge is 2.23. The molecule has 0 aliphatic carbocycles. The van der Waals surface area contributed by atoms with Crippen molar-refractivity contribution in [2.75, 3.05) is 19.6 Å². The minimum Gasteiger partial charge on any atom is -0.444 e. The van der Waals surface area contributed by atoms with Crippen LogP contribution in [0, 0.1) is 0 Å². The van der Waals surface area contributed by atoms with Gasteiger partial charge < -0.3 is 15.0 Å². The van der Waals surface area contributed by atoms with Crippen LogP contribution in [-0.4, -0.2) is 42.3 Å². The van der Waals surface area contributed by atoms with Gasteiger partial charge in [-0.25, -0.2) is 4.79 Å². The zero-order chi connectivity index (χ0) is 17.4. The highest BCUT2D eigenvalue weighted by atomic mass is 16.6. The predicted molar refractivity (Wildman–Crippen MR) is 98.9 cm³/mol. The number of nitrogens with zero attached hydrogens (tertiary/aromatic N) is 1. The number of hydrogen-bond donors (Lipinski definition) is 1. The molecule has 0 radical (unpaired) electrons. The van der Waals surface area contributed by atoms with Crippen LogP contribution in [0.1, 0.15) is 45.6 Å². The van der Waals surface area contributed by atoms with E-state index in [4.69, 9.17) is 4.74 Å². The van der Waals surface area contributed by atoms with Gasteiger partial charge in [0.2, 0.25) is 0 Å². The highest BCUT2D eigenvalue weighted by Crippen LogP contribution is 2.13. The number of hydrogen-bond acceptors (Lipinski definition) is 3. The predicted octanol–water partition coefficient (Wildman–Crippen LogP) is 4.08. The molecule has 1 N–H and O–H groups in total. The van der Waals surface area contributed by atoms with Crippen LogP contribution < -0.4 is 5.32 Å². The lowest BCUT2D eigenvalue weighted by atomic mass is 10.1. The normalized spacial score (nSPS) is 17.1. The van der Waals surface area contributed by atoms with E-state index in [0.717, 1.165) is 38.9 Å². The number of carbonyl (C=O) groups excluding carboxylic acids is 1. The summed E-state index contributed by atoms with van der Waals surface area (Å²) in [4.78, 5) is 14.3. The summed E-state index contributed by atoms with van der Waals surface area (Å²) in [5.74, 6) is 0. The standard InChI is InChI=1S/C20H30N2O2/c1-20(2,3)24-19(23)21-18-12-15-22(16-13-18)14-8-7-11-17-9-5-4-6-10-17/h4-7,9-11,18H,8,12-16H2,1-3H3,(H,21,23). The summed E-state index contributed by atoms with van der Waals surface area (Å²) >= 11 is 0. The minimum atomic E-state index is -0.435. The molecule has 0 aromatic heterocycles. The third-order valence-electron chi connectivity index (χ3n) is 4.03. The molecular weight excluding hydrogens is 300 g/mol. The van der Waals surface area contributed by atoms with E-state index in [2.05, 4.69) is 46.6 Å². The quantitative estimate of drug-likeness (QED) is 0.884. The Kier molecular flexibility index (Phi) is 6.85. The topological polar surface area (TPSA) is 41.6 Å². The first-order chi connectivity index (χ1) is 11.4. The van der Waals surface area contributed by atoms with E-state index in [-0.39, 0.29) is 12.1 Å². The van der Waals surface area contributed by atoms with Crippen LogP contribution in [-0.2, 0) is 4.74 Å². The molecule has 1 aromatic rings. The van der Waals surface area contributed by atoms with Gasteiger partial charge in [0.15, 0.2) is 0 Å². The van der Waals surface area contributed by atoms with Crippen molar-refractivity contribution in [3.05, 3.63) is 42.0 Å². The second-order valence-corrected chi connectivity index (χ2v) is 7.36. The molecule has 0 saturated carbocycles. The van der Waals surface area contributed by atoms with Gasteiger partial charge >= 0.3 is 6.09 Å². The molecule has 4 heteroatoms. The number of ether oxygens (including phenoxy) is 1. The molecule has 132 valence electrons. The fraction of sp³-hybridized carbons (Fsp3) is 0.550. The number of benzene rings is 1. The molecule has 1 heterocycles. The minimum absolute atomic E-state index is 0.232. The summed E-state index contributed by atoms with van der Waals surface area (Å²) < 4.78 is 5.32. The van der Waals surface area contributed by atoms with Crippen LogP contribution in [0.2, 0.25) is 0 Å². The highest BCUT2D eigenvalue weighted by molar-refractivity contribution is 5.68. The van der Waals surface area contributed by atoms with E-state index in [9.17, 15) is 4.79 Å². The Labute approximate surface area is 145 Å². The molecule has 0 unspecified atom stereocenters. The number of alkyl carbamates (subject to hydrolysis) is 1. The maximum Gasteiger partial charge on any atom is 0.407 e. The Bertz CT molecular complexity index is 526. The second kappa shape index (κ2) is 8.88. The van der Waals surface area contributed by atoms with Gasteiger partial charge in [0.1, 0.15) is 5.60 Å². The lowest BCUT2D eigenvalue weighted by Crippen LogP contribution is -2.46. The third kappa shape index (κ3) is 7.18. The number of piperidine rings is 1. The van der Waals surface area contributed by atoms with Crippen LogP contribution >= 0.6 is 0 Å². The number of rotatable bonds is 5. The molecular formula is C20H30N2O2. The molecule has 24 heavy (non-hydrogen) atoms. The average Bonchev–Trinajstić information content (AvgIpc) is 2.52. The van der Waals surface area contributed by atoms with Gasteiger partial charge in [0, 0.05) is 25.7 Å². The first kappa shape index (κ1) is 18.5. The number of carbonyl (C=O) groups is 1. The Balaban J connectivity index is 1.62. The number of likely N-dealkylation sites (tertiary alicyclic amines) is 1. The van der Waals surface area contributed by atoms with Crippen molar-refractivity contribution >= 4 is 12.2 Å². The van der Waals surface area contributed by atoms with Gasteiger partial charge in [0.05, 0.1) is 0 Å². The maximum absolute atomic E-state index is 11.8. The second-order valence-electron chi connectivity index (χ2n) is 7.36. The van der Waals surface area contributed by atoms with Gasteiger partial charge in [-0.3, -0.25) is 0 Å². The number of amides is 1. The van der Waals surface area contributed by atoms with Crippen LogP contribution in [0.15, 0.2) is 36.4 Å². The lowest BCUT2D eigenvalue weighted by molar-refractivity contribution is 0.0479. The molecule has 4 nitrogen and oxygen atoms in total. The van der Waals surface area contributed by atoms with Gasteiger partial charge in [-0.1, -0.05) is 42.5 Å². The number of nitrogens with one attached hydrogen (secondary N) is 1. The molecule has 1 amide bonds. The van der Waals surface area contributed by atoms with E-state index < -0.39 is 5.60 Å². The summed E-state index contributed by atoms with van der Waals surface area (Å²) in [6.45, 7) is 8.79. The monoisotopic (exact) mass is 330 g/mol. The fourth-order valence-corrected chi connectivity index (χ4v) is 2.82. The largest absolute Gasteiger partial charge is 0.444 e. The Hall–Kier alpha value is -1.81. The van der Waals surface area contributed by atoms with E-state index in [0.29, 0.717) is 0 Å². The van der Waals surface area contributed by atoms with Gasteiger partial charge in [0.25, 0.3) is 0 Å². The van der Waals surface area contributed by atoms with Crippen molar-refractivity contribution in [3.8, 4) is 0 Å². The van der Waals surface area contributed by atoms with Gasteiger partial charge in [-0.05, 0) is 45.6 Å². The Morgan fingerprint density at radius 1 is 1.25 bits per heavy atom. The molecule has 2 rings (SSSR count). The SMILES string of the molecule is CC(C)(C)OC(=O)NC1CCN(CCC=Cc2ccccc2)CC1. The van der Waals surface area contributed by atoms with Gasteiger partial charge in [-0.2, -0.15) is 0 Å². The van der Waals surface area contributed by atoms with Crippen LogP contribution in [0.4, 0.5) is 4.79 Å². The first-order valence-electron chi connectivity index (χ1n) is 8.86. The van der Waals surface area contributed by atoms with Crippen molar-refractivity contribution in [2.45, 2.75) is 51.7 Å². The zero-order valence-corrected chi connectivity index (χ0v) is 15.1. The molecule has 1 aromatic carbocycles. The van der Waals surface area contributed by atoms with Crippen molar-refractivity contribution in [1.82, 2.24) is 10.2 Å². The Morgan fingerprint density at radius 2 is 1.92 bits per heavy atom. The maximum atomic E-state index is 11.8. The molecule has 1 fully saturated rings. The summed E-state index contributed by atoms with van der Waals surface area (Å²) in [5.41, 5.74) is 0.813. The molecule has 0 atom stereocenters. The van der Waals surface area contributed by atoms with E-state index >= 15 is 0 Å². The smallest absolute Gasteiger partial charge is 0.407 e. The van der Waals surface area contributed by atoms with Crippen LogP contribution in [0.3, 0.4) is 0 Å². The van der Waals surface area contributed by atoms with Crippen LogP contribution in [0.25, 0.3) is 6.08 Å². The molecule has 0 spiro atoms. The summed E-state index contributed by atoms with van der Waals surface area (Å²) in [6, 6.07) is 10.6. The van der Waals surface area contributed by atoms with E-state index in [1.54, 1.807) is 0 Å². The first-order valence-corrected chi connectivity index (χ1v) is 8.86. The Morgan fingerprint density at radius 3 is 2.54 bits per heavy atom. The summed E-state index contributed by atoms with van der Waals surface area (Å²) in [5, 5.41) is 2.98. The fourth-order valence-electron chi connectivity index (χ4n) is 2.82. The van der Waals surface area contributed by atoms with Crippen molar-refractivity contribution in [3.63, 3.8) is 0 Å². The van der Waals surface area contributed by atoms with E-state index in [1.165, 1.54) is 5.56 Å². The van der Waals surface area contributed by atoms with Crippen LogP contribution in [0.5, 0.6) is 0 Å². The lowest BCUT2D eigenvalue weighted by Gasteiger charge is -2.32. The summed E-state index contributed by atoms with van der Waals surface area (Å²) in [6.07, 6.45) is 7.14. The summed E-state index contributed by atoms with van der Waals surface area (Å²) in [7, 11) is 0. The van der Waals surface area contributed by atoms with Crippen molar-refractivity contribution in [1.29, 1.82) is 0 Å². The third-order valence-corrected chi connectivity index (χ3v) is 4.03. The average molecular weight is 330 g/mol. The van der Waals surface area contributed by atoms with Crippen molar-refractivity contribution in [2.24, 2.45) is 0 Å². The van der Waals surface area contributed by atoms with Gasteiger partial charge in [-0.15, -0.1) is 0 Å². The van der Waals surface area contributed by atoms with E-state index in [1.807, 2.05) is 26.8 Å². The molecule has 0 bridgehead atoms. The zero-order valence-electron chi connectivity index (χ0n) is 15.1.